The number of halogens is 1. The van der Waals surface area contributed by atoms with Gasteiger partial charge in [0.2, 0.25) is 0 Å². The van der Waals surface area contributed by atoms with E-state index in [1.807, 2.05) is 30.5 Å². The molecule has 3 heteroatoms. The average Bonchev–Trinajstić information content (AvgIpc) is 2.85. The Kier molecular flexibility index (Phi) is 3.67. The number of fused-ring (bicyclic) bond motifs is 1. The van der Waals surface area contributed by atoms with Gasteiger partial charge in [-0.05, 0) is 50.4 Å². The van der Waals surface area contributed by atoms with Crippen LogP contribution in [0, 0.1) is 5.82 Å². The number of aryl methyl sites for hydroxylation is 2. The zero-order chi connectivity index (χ0) is 13.2. The van der Waals surface area contributed by atoms with E-state index in [1.54, 1.807) is 6.07 Å². The molecular weight excluding hydrogens is 257 g/mol. The van der Waals surface area contributed by atoms with E-state index in [4.69, 9.17) is 0 Å². The molecule has 0 bridgehead atoms. The predicted molar refractivity (Wildman–Crippen MR) is 78.3 cm³/mol. The van der Waals surface area contributed by atoms with Crippen LogP contribution in [0.5, 0.6) is 0 Å². The largest absolute Gasteiger partial charge is 0.309 e. The monoisotopic (exact) mass is 275 g/mol. The van der Waals surface area contributed by atoms with Crippen LogP contribution in [0.1, 0.15) is 39.8 Å². The second-order valence-electron chi connectivity index (χ2n) is 5.05. The SMILES string of the molecule is CNC(c1cc2c(s1)CCCC2)c1ccccc1F. The maximum atomic E-state index is 14.0. The first-order valence-electron chi connectivity index (χ1n) is 6.83. The van der Waals surface area contributed by atoms with Gasteiger partial charge in [-0.2, -0.15) is 0 Å². The lowest BCUT2D eigenvalue weighted by Crippen LogP contribution is -2.17. The van der Waals surface area contributed by atoms with Gasteiger partial charge in [-0.3, -0.25) is 0 Å². The number of hydrogen-bond donors (Lipinski definition) is 1. The third kappa shape index (κ3) is 2.45. The Morgan fingerprint density at radius 3 is 2.74 bits per heavy atom. The number of benzene rings is 1. The topological polar surface area (TPSA) is 12.0 Å². The highest BCUT2D eigenvalue weighted by Crippen LogP contribution is 2.35. The van der Waals surface area contributed by atoms with E-state index in [9.17, 15) is 4.39 Å². The molecule has 19 heavy (non-hydrogen) atoms. The quantitative estimate of drug-likeness (QED) is 0.890. The molecule has 1 nitrogen and oxygen atoms in total. The molecule has 1 heterocycles. The van der Waals surface area contributed by atoms with Crippen LogP contribution < -0.4 is 5.32 Å². The van der Waals surface area contributed by atoms with Crippen molar-refractivity contribution in [2.75, 3.05) is 7.05 Å². The van der Waals surface area contributed by atoms with Crippen molar-refractivity contribution in [3.05, 3.63) is 57.0 Å². The van der Waals surface area contributed by atoms with Gasteiger partial charge in [-0.15, -0.1) is 11.3 Å². The minimum atomic E-state index is -0.131. The third-order valence-corrected chi connectivity index (χ3v) is 5.11. The van der Waals surface area contributed by atoms with E-state index in [-0.39, 0.29) is 11.9 Å². The van der Waals surface area contributed by atoms with Crippen molar-refractivity contribution < 1.29 is 4.39 Å². The zero-order valence-electron chi connectivity index (χ0n) is 11.1. The fourth-order valence-electron chi connectivity index (χ4n) is 2.82. The van der Waals surface area contributed by atoms with Crippen LogP contribution in [0.15, 0.2) is 30.3 Å². The lowest BCUT2D eigenvalue weighted by atomic mass is 9.97. The first kappa shape index (κ1) is 12.8. The number of hydrogen-bond acceptors (Lipinski definition) is 2. The van der Waals surface area contributed by atoms with Gasteiger partial charge in [0.1, 0.15) is 5.82 Å². The molecular formula is C16H18FNS. The van der Waals surface area contributed by atoms with Crippen molar-refractivity contribution in [3.8, 4) is 0 Å². The standard InChI is InChI=1S/C16H18FNS/c1-18-16(12-7-3-4-8-13(12)17)15-10-11-6-2-5-9-14(11)19-15/h3-4,7-8,10,16,18H,2,5-6,9H2,1H3. The van der Waals surface area contributed by atoms with E-state index < -0.39 is 0 Å². The van der Waals surface area contributed by atoms with Gasteiger partial charge in [0.25, 0.3) is 0 Å². The highest BCUT2D eigenvalue weighted by atomic mass is 32.1. The van der Waals surface area contributed by atoms with E-state index in [0.29, 0.717) is 0 Å². The fraction of sp³-hybridized carbons (Fsp3) is 0.375. The van der Waals surface area contributed by atoms with Crippen LogP contribution in [-0.4, -0.2) is 7.05 Å². The molecule has 0 aliphatic heterocycles. The Bertz CT molecular complexity index is 552. The van der Waals surface area contributed by atoms with Crippen molar-refractivity contribution in [3.63, 3.8) is 0 Å². The minimum Gasteiger partial charge on any atom is -0.309 e. The van der Waals surface area contributed by atoms with Crippen molar-refractivity contribution in [1.82, 2.24) is 5.32 Å². The summed E-state index contributed by atoms with van der Waals surface area (Å²) in [6.07, 6.45) is 4.94. The molecule has 1 aliphatic carbocycles. The Morgan fingerprint density at radius 2 is 2.00 bits per heavy atom. The molecule has 0 fully saturated rings. The van der Waals surface area contributed by atoms with Crippen molar-refractivity contribution >= 4 is 11.3 Å². The van der Waals surface area contributed by atoms with Gasteiger partial charge in [0.05, 0.1) is 6.04 Å². The van der Waals surface area contributed by atoms with Gasteiger partial charge < -0.3 is 5.32 Å². The van der Waals surface area contributed by atoms with Gasteiger partial charge in [-0.1, -0.05) is 18.2 Å². The molecule has 0 spiro atoms. The molecule has 2 aromatic rings. The fourth-order valence-corrected chi connectivity index (χ4v) is 4.20. The summed E-state index contributed by atoms with van der Waals surface area (Å²) in [4.78, 5) is 2.73. The summed E-state index contributed by atoms with van der Waals surface area (Å²) in [6.45, 7) is 0. The summed E-state index contributed by atoms with van der Waals surface area (Å²) < 4.78 is 14.0. The van der Waals surface area contributed by atoms with Crippen LogP contribution in [0.3, 0.4) is 0 Å². The summed E-state index contributed by atoms with van der Waals surface area (Å²) >= 11 is 1.84. The summed E-state index contributed by atoms with van der Waals surface area (Å²) in [7, 11) is 1.90. The van der Waals surface area contributed by atoms with Crippen LogP contribution in [0.25, 0.3) is 0 Å². The van der Waals surface area contributed by atoms with E-state index in [1.165, 1.54) is 47.1 Å². The Balaban J connectivity index is 1.98. The van der Waals surface area contributed by atoms with Crippen molar-refractivity contribution in [2.45, 2.75) is 31.7 Å². The van der Waals surface area contributed by atoms with E-state index in [2.05, 4.69) is 11.4 Å². The predicted octanol–water partition coefficient (Wildman–Crippen LogP) is 4.07. The summed E-state index contributed by atoms with van der Waals surface area (Å²) in [5, 5.41) is 3.26. The molecule has 1 unspecified atom stereocenters. The maximum Gasteiger partial charge on any atom is 0.128 e. The molecule has 0 saturated carbocycles. The summed E-state index contributed by atoms with van der Waals surface area (Å²) in [5.74, 6) is -0.131. The van der Waals surface area contributed by atoms with E-state index >= 15 is 0 Å². The second kappa shape index (κ2) is 5.43. The number of thiophene rings is 1. The molecule has 1 aliphatic rings. The lowest BCUT2D eigenvalue weighted by molar-refractivity contribution is 0.579. The van der Waals surface area contributed by atoms with Crippen LogP contribution in [-0.2, 0) is 12.8 Å². The first-order valence-corrected chi connectivity index (χ1v) is 7.64. The Morgan fingerprint density at radius 1 is 1.21 bits per heavy atom. The maximum absolute atomic E-state index is 14.0. The summed E-state index contributed by atoms with van der Waals surface area (Å²) in [6, 6.07) is 9.29. The highest BCUT2D eigenvalue weighted by molar-refractivity contribution is 7.12. The molecule has 1 atom stereocenters. The number of nitrogens with one attached hydrogen (secondary N) is 1. The second-order valence-corrected chi connectivity index (χ2v) is 6.22. The summed E-state index contributed by atoms with van der Waals surface area (Å²) in [5.41, 5.74) is 2.21. The highest BCUT2D eigenvalue weighted by Gasteiger charge is 2.21. The van der Waals surface area contributed by atoms with Crippen LogP contribution >= 0.6 is 11.3 Å². The first-order chi connectivity index (χ1) is 9.29. The normalized spacial score (nSPS) is 16.1. The lowest BCUT2D eigenvalue weighted by Gasteiger charge is -2.15. The molecule has 0 radical (unpaired) electrons. The molecule has 0 saturated heterocycles. The Hall–Kier alpha value is -1.19. The molecule has 0 amide bonds. The minimum absolute atomic E-state index is 0.0307. The smallest absolute Gasteiger partial charge is 0.128 e. The molecule has 1 aromatic heterocycles. The van der Waals surface area contributed by atoms with Crippen LogP contribution in [0.2, 0.25) is 0 Å². The van der Waals surface area contributed by atoms with Crippen molar-refractivity contribution in [1.29, 1.82) is 0 Å². The van der Waals surface area contributed by atoms with Gasteiger partial charge in [-0.25, -0.2) is 4.39 Å². The molecule has 3 rings (SSSR count). The van der Waals surface area contributed by atoms with Gasteiger partial charge >= 0.3 is 0 Å². The third-order valence-electron chi connectivity index (χ3n) is 3.81. The molecule has 100 valence electrons. The van der Waals surface area contributed by atoms with E-state index in [0.717, 1.165) is 5.56 Å². The zero-order valence-corrected chi connectivity index (χ0v) is 11.9. The average molecular weight is 275 g/mol. The van der Waals surface area contributed by atoms with Crippen LogP contribution in [0.4, 0.5) is 4.39 Å². The number of rotatable bonds is 3. The molecule has 1 aromatic carbocycles. The van der Waals surface area contributed by atoms with Gasteiger partial charge in [0, 0.05) is 15.3 Å². The van der Waals surface area contributed by atoms with Gasteiger partial charge in [0.15, 0.2) is 0 Å². The van der Waals surface area contributed by atoms with Crippen molar-refractivity contribution in [2.24, 2.45) is 0 Å². The Labute approximate surface area is 117 Å². The molecule has 1 N–H and O–H groups in total.